The maximum Gasteiger partial charge on any atom is 0.305 e. The van der Waals surface area contributed by atoms with Crippen molar-refractivity contribution < 1.29 is 28.6 Å². The first-order valence-electron chi connectivity index (χ1n) is 14.4. The number of ether oxygens (including phenoxy) is 2. The van der Waals surface area contributed by atoms with Crippen molar-refractivity contribution in [2.45, 2.75) is 40.5 Å². The number of carboxylic acid groups (broad SMARTS) is 1. The van der Waals surface area contributed by atoms with E-state index >= 15 is 0 Å². The Kier molecular flexibility index (Phi) is 11.4. The van der Waals surface area contributed by atoms with Crippen molar-refractivity contribution in [3.05, 3.63) is 53.9 Å². The number of carbonyl (C=O) groups is 2. The third-order valence-corrected chi connectivity index (χ3v) is 7.18. The van der Waals surface area contributed by atoms with Crippen LogP contribution >= 0.6 is 0 Å². The summed E-state index contributed by atoms with van der Waals surface area (Å²) in [5.74, 6) is 0.310. The Hall–Kier alpha value is -4.73. The minimum atomic E-state index is -0.833. The first-order chi connectivity index (χ1) is 20.6. The zero-order valence-electron chi connectivity index (χ0n) is 25.8. The van der Waals surface area contributed by atoms with Crippen LogP contribution in [0.5, 0.6) is 5.75 Å². The lowest BCUT2D eigenvalue weighted by molar-refractivity contribution is -0.140. The Morgan fingerprint density at radius 3 is 2.19 bits per heavy atom. The number of hydrogen-bond acceptors (Lipinski definition) is 9. The van der Waals surface area contributed by atoms with E-state index in [1.807, 2.05) is 24.3 Å². The number of hydrogen-bond donors (Lipinski definition) is 3. The second-order valence-corrected chi connectivity index (χ2v) is 9.94. The molecule has 0 spiro atoms. The highest BCUT2D eigenvalue weighted by atomic mass is 16.5. The SMILES string of the molecule is CC(=O)O.CCN(CC)c1cc(-c2c3ccc(=N)cc-3oc3cc(N)ccc23)c(OC)cc1N(CC)CCCC(=O)OC. The Balaban J connectivity index is 0.00000119. The van der Waals surface area contributed by atoms with Gasteiger partial charge in [0.25, 0.3) is 5.97 Å². The molecule has 4 N–H and O–H groups in total. The van der Waals surface area contributed by atoms with Crippen molar-refractivity contribution in [2.75, 3.05) is 55.9 Å². The average molecular weight is 591 g/mol. The lowest BCUT2D eigenvalue weighted by atomic mass is 9.92. The first-order valence-corrected chi connectivity index (χ1v) is 14.4. The van der Waals surface area contributed by atoms with E-state index in [0.717, 1.165) is 65.8 Å². The molecular weight excluding hydrogens is 548 g/mol. The molecule has 0 radical (unpaired) electrons. The van der Waals surface area contributed by atoms with Gasteiger partial charge in [-0.1, -0.05) is 0 Å². The molecule has 43 heavy (non-hydrogen) atoms. The number of nitrogens with one attached hydrogen (secondary N) is 1. The van der Waals surface area contributed by atoms with Gasteiger partial charge in [-0.15, -0.1) is 0 Å². The molecule has 0 aromatic heterocycles. The fraction of sp³-hybridized carbons (Fsp3) is 0.364. The summed E-state index contributed by atoms with van der Waals surface area (Å²) in [6, 6.07) is 15.4. The molecule has 1 aliphatic carbocycles. The molecule has 2 aliphatic rings. The van der Waals surface area contributed by atoms with E-state index in [1.54, 1.807) is 19.2 Å². The summed E-state index contributed by atoms with van der Waals surface area (Å²) in [7, 11) is 3.11. The van der Waals surface area contributed by atoms with Crippen LogP contribution in [-0.2, 0) is 14.3 Å². The summed E-state index contributed by atoms with van der Waals surface area (Å²) in [4.78, 5) is 25.4. The molecule has 0 atom stereocenters. The van der Waals surface area contributed by atoms with Crippen LogP contribution in [0.3, 0.4) is 0 Å². The van der Waals surface area contributed by atoms with Crippen LogP contribution in [0.4, 0.5) is 17.1 Å². The Labute approximate surface area is 252 Å². The molecular formula is C33H42N4O6. The van der Waals surface area contributed by atoms with E-state index in [0.29, 0.717) is 41.8 Å². The molecule has 1 aliphatic heterocycles. The number of carbonyl (C=O) groups excluding carboxylic acids is 1. The van der Waals surface area contributed by atoms with Gasteiger partial charge in [-0.2, -0.15) is 0 Å². The molecule has 230 valence electrons. The van der Waals surface area contributed by atoms with Gasteiger partial charge in [0.1, 0.15) is 17.1 Å². The van der Waals surface area contributed by atoms with E-state index in [1.165, 1.54) is 7.11 Å². The topological polar surface area (TPSA) is 142 Å². The third kappa shape index (κ3) is 7.77. The molecule has 4 rings (SSSR count). The number of esters is 1. The number of rotatable bonds is 11. The highest BCUT2D eigenvalue weighted by Gasteiger charge is 2.24. The number of carboxylic acids is 1. The van der Waals surface area contributed by atoms with Crippen molar-refractivity contribution in [3.8, 4) is 28.2 Å². The lowest BCUT2D eigenvalue weighted by Gasteiger charge is -2.32. The average Bonchev–Trinajstić information content (AvgIpc) is 2.98. The molecule has 1 heterocycles. The zero-order valence-corrected chi connectivity index (χ0v) is 25.8. The van der Waals surface area contributed by atoms with Gasteiger partial charge in [-0.3, -0.25) is 9.59 Å². The molecule has 0 unspecified atom stereocenters. The normalized spacial score (nSPS) is 10.7. The van der Waals surface area contributed by atoms with Crippen LogP contribution in [0.2, 0.25) is 0 Å². The number of benzene rings is 3. The number of nitrogens with two attached hydrogens (primary N) is 1. The van der Waals surface area contributed by atoms with Gasteiger partial charge in [0.05, 0.1) is 31.0 Å². The number of fused-ring (bicyclic) bond motifs is 2. The van der Waals surface area contributed by atoms with Gasteiger partial charge < -0.3 is 39.9 Å². The first kappa shape index (κ1) is 32.8. The van der Waals surface area contributed by atoms with Crippen molar-refractivity contribution in [1.82, 2.24) is 0 Å². The van der Waals surface area contributed by atoms with Gasteiger partial charge >= 0.3 is 5.97 Å². The van der Waals surface area contributed by atoms with Gasteiger partial charge in [0, 0.05) is 85.5 Å². The van der Waals surface area contributed by atoms with Crippen molar-refractivity contribution in [2.24, 2.45) is 0 Å². The van der Waals surface area contributed by atoms with Crippen LogP contribution in [0.15, 0.2) is 52.9 Å². The Bertz CT molecular complexity index is 1590. The fourth-order valence-corrected chi connectivity index (χ4v) is 5.15. The van der Waals surface area contributed by atoms with Crippen LogP contribution in [0, 0.1) is 5.41 Å². The zero-order chi connectivity index (χ0) is 31.7. The number of anilines is 3. The van der Waals surface area contributed by atoms with E-state index < -0.39 is 5.97 Å². The maximum absolute atomic E-state index is 11.7. The molecule has 2 aromatic rings. The minimum Gasteiger partial charge on any atom is -0.496 e. The number of aliphatic carboxylic acids is 1. The molecule has 0 saturated heterocycles. The predicted molar refractivity (Wildman–Crippen MR) is 171 cm³/mol. The van der Waals surface area contributed by atoms with Gasteiger partial charge in [-0.05, 0) is 57.5 Å². The van der Waals surface area contributed by atoms with Crippen LogP contribution in [-0.4, -0.2) is 57.4 Å². The van der Waals surface area contributed by atoms with Crippen LogP contribution in [0.25, 0.3) is 33.4 Å². The molecule has 2 aromatic carbocycles. The summed E-state index contributed by atoms with van der Waals surface area (Å²) in [6.07, 6.45) is 1.06. The molecule has 0 saturated carbocycles. The summed E-state index contributed by atoms with van der Waals surface area (Å²) in [5.41, 5.74) is 12.3. The minimum absolute atomic E-state index is 0.201. The third-order valence-electron chi connectivity index (χ3n) is 7.18. The molecule has 0 bridgehead atoms. The van der Waals surface area contributed by atoms with Gasteiger partial charge in [-0.25, -0.2) is 0 Å². The lowest BCUT2D eigenvalue weighted by Crippen LogP contribution is -2.29. The monoisotopic (exact) mass is 590 g/mol. The Morgan fingerprint density at radius 1 is 0.930 bits per heavy atom. The smallest absolute Gasteiger partial charge is 0.305 e. The van der Waals surface area contributed by atoms with Gasteiger partial charge in [0.2, 0.25) is 0 Å². The number of nitrogen functional groups attached to an aromatic ring is 1. The number of methoxy groups -OCH3 is 2. The maximum atomic E-state index is 11.7. The van der Waals surface area contributed by atoms with Crippen molar-refractivity contribution in [3.63, 3.8) is 0 Å². The van der Waals surface area contributed by atoms with Crippen LogP contribution in [0.1, 0.15) is 40.5 Å². The highest BCUT2D eigenvalue weighted by molar-refractivity contribution is 6.05. The summed E-state index contributed by atoms with van der Waals surface area (Å²) < 4.78 is 17.1. The van der Waals surface area contributed by atoms with E-state index in [4.69, 9.17) is 34.9 Å². The van der Waals surface area contributed by atoms with E-state index in [2.05, 4.69) is 42.7 Å². The highest BCUT2D eigenvalue weighted by Crippen LogP contribution is 2.47. The summed E-state index contributed by atoms with van der Waals surface area (Å²) in [6.45, 7) is 10.7. The second kappa shape index (κ2) is 14.9. The molecule has 0 fully saturated rings. The molecule has 10 heteroatoms. The van der Waals surface area contributed by atoms with Crippen molar-refractivity contribution >= 4 is 40.0 Å². The summed E-state index contributed by atoms with van der Waals surface area (Å²) >= 11 is 0. The molecule has 10 nitrogen and oxygen atoms in total. The van der Waals surface area contributed by atoms with Gasteiger partial charge in [0.15, 0.2) is 0 Å². The number of nitrogens with zero attached hydrogens (tertiary/aromatic N) is 2. The quantitative estimate of drug-likeness (QED) is 0.109. The largest absolute Gasteiger partial charge is 0.496 e. The van der Waals surface area contributed by atoms with Crippen molar-refractivity contribution in [1.29, 1.82) is 5.41 Å². The summed E-state index contributed by atoms with van der Waals surface area (Å²) in [5, 5.41) is 16.9. The second-order valence-electron chi connectivity index (χ2n) is 9.94. The Morgan fingerprint density at radius 2 is 1.58 bits per heavy atom. The standard InChI is InChI=1S/C31H38N4O4.C2H4O2/c1-6-34(7-2)25-18-24(27(37-4)19-26(25)35(8-3)15-9-10-30(36)38-5)31-22-13-11-20(32)16-28(22)39-29-17-21(33)12-14-23(29)31;1-2(3)4/h11-14,16-19,32H,6-10,15,33H2,1-5H3;1H3,(H,3,4). The van der Waals surface area contributed by atoms with Crippen LogP contribution < -0.4 is 25.6 Å². The predicted octanol–water partition coefficient (Wildman–Crippen LogP) is 5.99. The van der Waals surface area contributed by atoms with E-state index in [9.17, 15) is 4.79 Å². The van der Waals surface area contributed by atoms with E-state index in [-0.39, 0.29) is 5.97 Å². The molecule has 0 amide bonds. The fourth-order valence-electron chi connectivity index (χ4n) is 5.15.